The third-order valence-corrected chi connectivity index (χ3v) is 4.84. The summed E-state index contributed by atoms with van der Waals surface area (Å²) >= 11 is 0. The van der Waals surface area contributed by atoms with E-state index in [1.54, 1.807) is 0 Å². The number of carbonyl (C=O) groups excluding carboxylic acids is 2. The predicted octanol–water partition coefficient (Wildman–Crippen LogP) is 2.36. The van der Waals surface area contributed by atoms with E-state index in [9.17, 15) is 9.59 Å². The predicted molar refractivity (Wildman–Crippen MR) is 56.3 cm³/mol. The fourth-order valence-corrected chi connectivity index (χ4v) is 4.18. The Kier molecular flexibility index (Phi) is 2.18. The molecule has 0 N–H and O–H groups in total. The van der Waals surface area contributed by atoms with Gasteiger partial charge in [-0.25, -0.2) is 0 Å². The average Bonchev–Trinajstić information content (AvgIpc) is 2.55. The van der Waals surface area contributed by atoms with Crippen LogP contribution in [0.1, 0.15) is 44.9 Å². The topological polar surface area (TPSA) is 34.1 Å². The van der Waals surface area contributed by atoms with Gasteiger partial charge in [-0.2, -0.15) is 0 Å². The summed E-state index contributed by atoms with van der Waals surface area (Å²) in [7, 11) is 0. The molecule has 0 aromatic heterocycles. The Morgan fingerprint density at radius 3 is 2.53 bits per heavy atom. The number of carbonyl (C=O) groups is 2. The zero-order valence-electron chi connectivity index (χ0n) is 9.08. The molecule has 0 aromatic rings. The van der Waals surface area contributed by atoms with Crippen LogP contribution in [0.2, 0.25) is 0 Å². The first-order valence-electron chi connectivity index (χ1n) is 6.33. The van der Waals surface area contributed by atoms with Gasteiger partial charge in [0.15, 0.2) is 0 Å². The molecule has 0 saturated heterocycles. The summed E-state index contributed by atoms with van der Waals surface area (Å²) in [5.74, 6) is 2.09. The van der Waals surface area contributed by atoms with E-state index in [-0.39, 0.29) is 29.8 Å². The molecule has 3 rings (SSSR count). The van der Waals surface area contributed by atoms with Crippen molar-refractivity contribution in [1.82, 2.24) is 0 Å². The maximum atomic E-state index is 11.9. The van der Waals surface area contributed by atoms with Crippen LogP contribution in [0, 0.1) is 23.7 Å². The van der Waals surface area contributed by atoms with Crippen molar-refractivity contribution >= 4 is 11.6 Å². The molecule has 4 atom stereocenters. The van der Waals surface area contributed by atoms with Gasteiger partial charge in [0, 0.05) is 11.8 Å². The Morgan fingerprint density at radius 1 is 0.867 bits per heavy atom. The van der Waals surface area contributed by atoms with Crippen molar-refractivity contribution in [2.75, 3.05) is 0 Å². The third-order valence-electron chi connectivity index (χ3n) is 4.84. The van der Waals surface area contributed by atoms with E-state index < -0.39 is 0 Å². The lowest BCUT2D eigenvalue weighted by Gasteiger charge is -2.41. The van der Waals surface area contributed by atoms with Gasteiger partial charge < -0.3 is 0 Å². The zero-order chi connectivity index (χ0) is 10.4. The summed E-state index contributed by atoms with van der Waals surface area (Å²) in [6.45, 7) is 0. The molecule has 15 heavy (non-hydrogen) atoms. The van der Waals surface area contributed by atoms with Crippen LogP contribution in [0.5, 0.6) is 0 Å². The number of rotatable bonds is 0. The highest BCUT2D eigenvalue weighted by molar-refractivity contribution is 6.08. The highest BCUT2D eigenvalue weighted by Gasteiger charge is 2.50. The molecule has 0 amide bonds. The first-order chi connectivity index (χ1) is 7.27. The second-order valence-corrected chi connectivity index (χ2v) is 5.53. The van der Waals surface area contributed by atoms with Crippen molar-refractivity contribution in [1.29, 1.82) is 0 Å². The lowest BCUT2D eigenvalue weighted by atomic mass is 9.62. The Balaban J connectivity index is 1.88. The van der Waals surface area contributed by atoms with Crippen LogP contribution in [0.25, 0.3) is 0 Å². The standard InChI is InChI=1S/C13H18O2/c14-11-7-12(15)13-9-4-2-1-3-8(9)5-6-10(11)13/h8-10,13H,1-7H2. The van der Waals surface area contributed by atoms with E-state index in [0.717, 1.165) is 12.3 Å². The smallest absolute Gasteiger partial charge is 0.144 e. The van der Waals surface area contributed by atoms with Crippen LogP contribution in [0.3, 0.4) is 0 Å². The quantitative estimate of drug-likeness (QED) is 0.570. The molecule has 0 aliphatic heterocycles. The summed E-state index contributed by atoms with van der Waals surface area (Å²) in [5.41, 5.74) is 0. The first-order valence-corrected chi connectivity index (χ1v) is 6.33. The van der Waals surface area contributed by atoms with Crippen molar-refractivity contribution in [2.45, 2.75) is 44.9 Å². The SMILES string of the molecule is O=C1CC(=O)C2C1CCC1CCCCC12. The van der Waals surface area contributed by atoms with Crippen LogP contribution in [0.4, 0.5) is 0 Å². The van der Waals surface area contributed by atoms with Gasteiger partial charge in [0.2, 0.25) is 0 Å². The minimum Gasteiger partial charge on any atom is -0.299 e. The fraction of sp³-hybridized carbons (Fsp3) is 0.846. The normalized spacial score (nSPS) is 45.1. The van der Waals surface area contributed by atoms with Crippen LogP contribution in [-0.2, 0) is 9.59 Å². The van der Waals surface area contributed by atoms with Gasteiger partial charge in [-0.15, -0.1) is 0 Å². The molecule has 3 aliphatic carbocycles. The van der Waals surface area contributed by atoms with Crippen LogP contribution in [-0.4, -0.2) is 11.6 Å². The molecule has 0 radical (unpaired) electrons. The Labute approximate surface area is 90.4 Å². The molecule has 2 heteroatoms. The van der Waals surface area contributed by atoms with E-state index >= 15 is 0 Å². The number of fused-ring (bicyclic) bond motifs is 3. The minimum absolute atomic E-state index is 0.122. The van der Waals surface area contributed by atoms with Crippen LogP contribution < -0.4 is 0 Å². The van der Waals surface area contributed by atoms with Crippen molar-refractivity contribution in [3.63, 3.8) is 0 Å². The maximum Gasteiger partial charge on any atom is 0.144 e. The Morgan fingerprint density at radius 2 is 1.67 bits per heavy atom. The van der Waals surface area contributed by atoms with Gasteiger partial charge in [0.25, 0.3) is 0 Å². The molecule has 3 aliphatic rings. The van der Waals surface area contributed by atoms with Crippen molar-refractivity contribution in [3.8, 4) is 0 Å². The number of Topliss-reactive ketones (excluding diaryl/α,β-unsaturated/α-hetero) is 2. The van der Waals surface area contributed by atoms with Gasteiger partial charge in [-0.05, 0) is 31.1 Å². The number of ketones is 2. The molecule has 0 spiro atoms. The molecular weight excluding hydrogens is 188 g/mol. The maximum absolute atomic E-state index is 11.9. The van der Waals surface area contributed by atoms with Crippen molar-refractivity contribution in [3.05, 3.63) is 0 Å². The lowest BCUT2D eigenvalue weighted by Crippen LogP contribution is -2.38. The zero-order valence-corrected chi connectivity index (χ0v) is 9.08. The molecule has 3 saturated carbocycles. The van der Waals surface area contributed by atoms with Gasteiger partial charge in [-0.3, -0.25) is 9.59 Å². The molecule has 0 aromatic carbocycles. The molecule has 2 nitrogen and oxygen atoms in total. The molecule has 0 heterocycles. The molecule has 82 valence electrons. The summed E-state index contributed by atoms with van der Waals surface area (Å²) in [6.07, 6.45) is 7.55. The van der Waals surface area contributed by atoms with E-state index in [2.05, 4.69) is 0 Å². The second-order valence-electron chi connectivity index (χ2n) is 5.53. The van der Waals surface area contributed by atoms with E-state index in [4.69, 9.17) is 0 Å². The minimum atomic E-state index is 0.122. The van der Waals surface area contributed by atoms with E-state index in [1.165, 1.54) is 32.1 Å². The Bertz CT molecular complexity index is 308. The summed E-state index contributed by atoms with van der Waals surface area (Å²) in [4.78, 5) is 23.5. The van der Waals surface area contributed by atoms with Gasteiger partial charge in [0.05, 0.1) is 6.42 Å². The monoisotopic (exact) mass is 206 g/mol. The fourth-order valence-electron chi connectivity index (χ4n) is 4.18. The molecule has 3 fully saturated rings. The summed E-state index contributed by atoms with van der Waals surface area (Å²) in [5, 5.41) is 0. The number of hydrogen-bond acceptors (Lipinski definition) is 2. The third kappa shape index (κ3) is 1.37. The molecular formula is C13H18O2. The lowest BCUT2D eigenvalue weighted by molar-refractivity contribution is -0.125. The van der Waals surface area contributed by atoms with Crippen molar-refractivity contribution in [2.24, 2.45) is 23.7 Å². The van der Waals surface area contributed by atoms with Gasteiger partial charge in [0.1, 0.15) is 11.6 Å². The van der Waals surface area contributed by atoms with Gasteiger partial charge in [-0.1, -0.05) is 19.3 Å². The van der Waals surface area contributed by atoms with E-state index in [1.807, 2.05) is 0 Å². The first kappa shape index (κ1) is 9.56. The van der Waals surface area contributed by atoms with E-state index in [0.29, 0.717) is 5.92 Å². The molecule has 4 unspecified atom stereocenters. The molecule has 0 bridgehead atoms. The van der Waals surface area contributed by atoms with Crippen LogP contribution in [0.15, 0.2) is 0 Å². The second kappa shape index (κ2) is 3.43. The van der Waals surface area contributed by atoms with Gasteiger partial charge >= 0.3 is 0 Å². The largest absolute Gasteiger partial charge is 0.299 e. The summed E-state index contributed by atoms with van der Waals surface area (Å²) < 4.78 is 0. The van der Waals surface area contributed by atoms with Crippen molar-refractivity contribution < 1.29 is 9.59 Å². The van der Waals surface area contributed by atoms with Crippen LogP contribution >= 0.6 is 0 Å². The Hall–Kier alpha value is -0.660. The highest BCUT2D eigenvalue weighted by Crippen LogP contribution is 2.49. The number of hydrogen-bond donors (Lipinski definition) is 0. The highest BCUT2D eigenvalue weighted by atomic mass is 16.2. The average molecular weight is 206 g/mol. The summed E-state index contributed by atoms with van der Waals surface area (Å²) in [6, 6.07) is 0.